The molecular weight excluding hydrogens is 386 g/mol. The predicted octanol–water partition coefficient (Wildman–Crippen LogP) is 2.58. The summed E-state index contributed by atoms with van der Waals surface area (Å²) in [6.07, 6.45) is 0. The van der Waals surface area contributed by atoms with Crippen LogP contribution >= 0.6 is 0 Å². The summed E-state index contributed by atoms with van der Waals surface area (Å²) in [6.45, 7) is 5.10. The van der Waals surface area contributed by atoms with Crippen LogP contribution in [0.1, 0.15) is 35.3 Å². The first-order valence-corrected chi connectivity index (χ1v) is 9.53. The maximum Gasteiger partial charge on any atom is 0.338 e. The molecule has 4 amide bonds. The summed E-state index contributed by atoms with van der Waals surface area (Å²) in [5.41, 5.74) is 1.24. The number of amides is 4. The average Bonchev–Trinajstić information content (AvgIpc) is 2.93. The van der Waals surface area contributed by atoms with Gasteiger partial charge in [0.25, 0.3) is 5.91 Å². The third kappa shape index (κ3) is 4.17. The summed E-state index contributed by atoms with van der Waals surface area (Å²) in [4.78, 5) is 50.2. The first-order chi connectivity index (χ1) is 14.2. The molecule has 8 nitrogen and oxygen atoms in total. The molecule has 156 valence electrons. The van der Waals surface area contributed by atoms with Crippen LogP contribution in [0.15, 0.2) is 48.5 Å². The second-order valence-electron chi connectivity index (χ2n) is 7.16. The Labute approximate surface area is 174 Å². The van der Waals surface area contributed by atoms with Gasteiger partial charge >= 0.3 is 12.0 Å². The first kappa shape index (κ1) is 21.0. The number of carbonyl (C=O) groups excluding carboxylic acids is 4. The van der Waals surface area contributed by atoms with Crippen molar-refractivity contribution in [2.24, 2.45) is 0 Å². The SMILES string of the molecule is CCOC(=O)c1ccc(NC(=O)CN2C(=O)N[C@@](C)(c3ccc(C)cc3)C2=O)cc1. The van der Waals surface area contributed by atoms with Crippen molar-refractivity contribution in [3.63, 3.8) is 0 Å². The van der Waals surface area contributed by atoms with E-state index in [1.165, 1.54) is 12.1 Å². The molecule has 2 aromatic carbocycles. The van der Waals surface area contributed by atoms with Crippen LogP contribution in [0.3, 0.4) is 0 Å². The van der Waals surface area contributed by atoms with Crippen molar-refractivity contribution in [3.05, 3.63) is 65.2 Å². The molecule has 1 atom stereocenters. The van der Waals surface area contributed by atoms with Gasteiger partial charge in [-0.3, -0.25) is 14.5 Å². The van der Waals surface area contributed by atoms with Crippen molar-refractivity contribution >= 4 is 29.5 Å². The minimum absolute atomic E-state index is 0.269. The van der Waals surface area contributed by atoms with Crippen molar-refractivity contribution in [2.75, 3.05) is 18.5 Å². The molecule has 1 saturated heterocycles. The van der Waals surface area contributed by atoms with Crippen molar-refractivity contribution in [1.82, 2.24) is 10.2 Å². The molecule has 0 bridgehead atoms. The van der Waals surface area contributed by atoms with E-state index in [1.807, 2.05) is 19.1 Å². The molecule has 1 aliphatic rings. The Morgan fingerprint density at radius 1 is 1.07 bits per heavy atom. The summed E-state index contributed by atoms with van der Waals surface area (Å²) in [5.74, 6) is -1.48. The average molecular weight is 409 g/mol. The largest absolute Gasteiger partial charge is 0.462 e. The van der Waals surface area contributed by atoms with E-state index < -0.39 is 35.9 Å². The van der Waals surface area contributed by atoms with Gasteiger partial charge in [-0.15, -0.1) is 0 Å². The van der Waals surface area contributed by atoms with Crippen molar-refractivity contribution in [1.29, 1.82) is 0 Å². The number of rotatable bonds is 6. The highest BCUT2D eigenvalue weighted by Crippen LogP contribution is 2.29. The van der Waals surface area contributed by atoms with Crippen LogP contribution in [0.2, 0.25) is 0 Å². The second kappa shape index (κ2) is 8.36. The smallest absolute Gasteiger partial charge is 0.338 e. The van der Waals surface area contributed by atoms with Crippen LogP contribution in [0.25, 0.3) is 0 Å². The Bertz CT molecular complexity index is 985. The molecule has 30 heavy (non-hydrogen) atoms. The topological polar surface area (TPSA) is 105 Å². The lowest BCUT2D eigenvalue weighted by Gasteiger charge is -2.22. The van der Waals surface area contributed by atoms with Crippen LogP contribution in [-0.2, 0) is 19.9 Å². The highest BCUT2D eigenvalue weighted by molar-refractivity contribution is 6.10. The Morgan fingerprint density at radius 3 is 2.30 bits per heavy atom. The molecule has 1 fully saturated rings. The number of hydrogen-bond acceptors (Lipinski definition) is 5. The fourth-order valence-corrected chi connectivity index (χ4v) is 3.17. The van der Waals surface area contributed by atoms with Crippen molar-refractivity contribution < 1.29 is 23.9 Å². The van der Waals surface area contributed by atoms with Crippen LogP contribution in [-0.4, -0.2) is 41.9 Å². The van der Waals surface area contributed by atoms with Gasteiger partial charge in [-0.2, -0.15) is 0 Å². The van der Waals surface area contributed by atoms with E-state index in [9.17, 15) is 19.2 Å². The van der Waals surface area contributed by atoms with Crippen molar-refractivity contribution in [2.45, 2.75) is 26.3 Å². The molecule has 2 N–H and O–H groups in total. The number of benzene rings is 2. The van der Waals surface area contributed by atoms with Gasteiger partial charge in [-0.05, 0) is 50.6 Å². The number of hydrogen-bond donors (Lipinski definition) is 2. The van der Waals surface area contributed by atoms with E-state index in [-0.39, 0.29) is 6.61 Å². The molecule has 0 aliphatic carbocycles. The Hall–Kier alpha value is -3.68. The highest BCUT2D eigenvalue weighted by atomic mass is 16.5. The molecule has 0 saturated carbocycles. The number of nitrogens with one attached hydrogen (secondary N) is 2. The van der Waals surface area contributed by atoms with E-state index in [2.05, 4.69) is 10.6 Å². The van der Waals surface area contributed by atoms with Crippen molar-refractivity contribution in [3.8, 4) is 0 Å². The fraction of sp³-hybridized carbons (Fsp3) is 0.273. The van der Waals surface area contributed by atoms with Gasteiger partial charge in [0.05, 0.1) is 12.2 Å². The zero-order valence-electron chi connectivity index (χ0n) is 17.0. The summed E-state index contributed by atoms with van der Waals surface area (Å²) >= 11 is 0. The monoisotopic (exact) mass is 409 g/mol. The molecule has 0 radical (unpaired) electrons. The highest BCUT2D eigenvalue weighted by Gasteiger charge is 2.49. The van der Waals surface area contributed by atoms with Gasteiger partial charge in [-0.25, -0.2) is 9.59 Å². The molecule has 8 heteroatoms. The van der Waals surface area contributed by atoms with Gasteiger partial charge < -0.3 is 15.4 Å². The van der Waals surface area contributed by atoms with Gasteiger partial charge in [0.2, 0.25) is 5.91 Å². The summed E-state index contributed by atoms with van der Waals surface area (Å²) in [7, 11) is 0. The Balaban J connectivity index is 1.66. The minimum atomic E-state index is -1.23. The third-order valence-corrected chi connectivity index (χ3v) is 4.89. The fourth-order valence-electron chi connectivity index (χ4n) is 3.17. The number of nitrogens with zero attached hydrogens (tertiary/aromatic N) is 1. The maximum atomic E-state index is 12.9. The van der Waals surface area contributed by atoms with Gasteiger partial charge in [0.15, 0.2) is 0 Å². The molecule has 0 aromatic heterocycles. The van der Waals surface area contributed by atoms with Crippen LogP contribution < -0.4 is 10.6 Å². The first-order valence-electron chi connectivity index (χ1n) is 9.53. The van der Waals surface area contributed by atoms with Crippen LogP contribution in [0, 0.1) is 6.92 Å². The lowest BCUT2D eigenvalue weighted by atomic mass is 9.91. The van der Waals surface area contributed by atoms with Gasteiger partial charge in [-0.1, -0.05) is 29.8 Å². The Kier molecular flexibility index (Phi) is 5.86. The molecule has 1 aliphatic heterocycles. The number of imide groups is 1. The van der Waals surface area contributed by atoms with E-state index >= 15 is 0 Å². The number of ether oxygens (including phenoxy) is 1. The van der Waals surface area contributed by atoms with Crippen LogP contribution in [0.5, 0.6) is 0 Å². The normalized spacial score (nSPS) is 18.2. The lowest BCUT2D eigenvalue weighted by molar-refractivity contribution is -0.133. The molecule has 0 spiro atoms. The molecule has 2 aromatic rings. The quantitative estimate of drug-likeness (QED) is 0.564. The number of urea groups is 1. The lowest BCUT2D eigenvalue weighted by Crippen LogP contribution is -2.42. The number of esters is 1. The molecule has 1 heterocycles. The Morgan fingerprint density at radius 2 is 1.70 bits per heavy atom. The predicted molar refractivity (Wildman–Crippen MR) is 110 cm³/mol. The summed E-state index contributed by atoms with van der Waals surface area (Å²) < 4.78 is 4.91. The second-order valence-corrected chi connectivity index (χ2v) is 7.16. The van der Waals surface area contributed by atoms with Crippen LogP contribution in [0.4, 0.5) is 10.5 Å². The molecule has 3 rings (SSSR count). The number of carbonyl (C=O) groups is 4. The van der Waals surface area contributed by atoms with E-state index in [4.69, 9.17) is 4.74 Å². The maximum absolute atomic E-state index is 12.9. The molecular formula is C22H23N3O5. The van der Waals surface area contributed by atoms with E-state index in [0.717, 1.165) is 10.5 Å². The van der Waals surface area contributed by atoms with E-state index in [1.54, 1.807) is 38.1 Å². The zero-order chi connectivity index (χ0) is 21.9. The third-order valence-electron chi connectivity index (χ3n) is 4.89. The van der Waals surface area contributed by atoms with Gasteiger partial charge in [0.1, 0.15) is 12.1 Å². The van der Waals surface area contributed by atoms with E-state index in [0.29, 0.717) is 16.8 Å². The minimum Gasteiger partial charge on any atom is -0.462 e. The number of anilines is 1. The summed E-state index contributed by atoms with van der Waals surface area (Å²) in [6, 6.07) is 12.8. The number of aryl methyl sites for hydroxylation is 1. The molecule has 0 unspecified atom stereocenters. The standard InChI is InChI=1S/C22H23N3O5/c1-4-30-19(27)15-7-11-17(12-8-15)23-18(26)13-25-20(28)22(3,24-21(25)29)16-9-5-14(2)6-10-16/h5-12H,4,13H2,1-3H3,(H,23,26)(H,24,29)/t22-/m0/s1. The van der Waals surface area contributed by atoms with Gasteiger partial charge in [0, 0.05) is 5.69 Å². The summed E-state index contributed by atoms with van der Waals surface area (Å²) in [5, 5.41) is 5.29. The zero-order valence-corrected chi connectivity index (χ0v) is 17.0.